The second kappa shape index (κ2) is 8.01. The Balaban J connectivity index is 1.74. The number of amides is 1. The summed E-state index contributed by atoms with van der Waals surface area (Å²) in [6, 6.07) is 17.1. The summed E-state index contributed by atoms with van der Waals surface area (Å²) in [6.45, 7) is 0.316. The molecule has 0 aliphatic heterocycles. The molecule has 0 N–H and O–H groups in total. The lowest BCUT2D eigenvalue weighted by molar-refractivity contribution is 0.0779. The van der Waals surface area contributed by atoms with Crippen LogP contribution in [0, 0.1) is 5.82 Å². The van der Waals surface area contributed by atoms with Gasteiger partial charge in [-0.2, -0.15) is 0 Å². The maximum Gasteiger partial charge on any atom is 0.271 e. The van der Waals surface area contributed by atoms with Gasteiger partial charge in [-0.1, -0.05) is 48.0 Å². The lowest BCUT2D eigenvalue weighted by Crippen LogP contribution is -2.29. The zero-order valence-corrected chi connectivity index (χ0v) is 17.8. The van der Waals surface area contributed by atoms with E-state index in [9.17, 15) is 9.18 Å². The highest BCUT2D eigenvalue weighted by Crippen LogP contribution is 2.34. The van der Waals surface area contributed by atoms with Crippen LogP contribution in [0.4, 0.5) is 4.39 Å². The standard InChI is InChI=1S/C24H17ClFN5O/c1-30(13-16-5-2-3-7-19(16)25)24(32)22-20(15-8-10-17(26)11-9-15)18-6-4-12-27-21(18)23-29-28-14-31(22)23/h2-12,14H,13H2,1H3. The zero-order valence-electron chi connectivity index (χ0n) is 17.0. The molecule has 3 aromatic heterocycles. The molecule has 0 spiro atoms. The van der Waals surface area contributed by atoms with E-state index >= 15 is 0 Å². The van der Waals surface area contributed by atoms with Crippen molar-refractivity contribution >= 4 is 34.1 Å². The van der Waals surface area contributed by atoms with Crippen molar-refractivity contribution in [1.29, 1.82) is 0 Å². The molecule has 3 heterocycles. The number of rotatable bonds is 4. The van der Waals surface area contributed by atoms with Gasteiger partial charge < -0.3 is 4.90 Å². The summed E-state index contributed by atoms with van der Waals surface area (Å²) in [6.07, 6.45) is 3.16. The van der Waals surface area contributed by atoms with Crippen LogP contribution >= 0.6 is 11.6 Å². The van der Waals surface area contributed by atoms with E-state index in [0.717, 1.165) is 10.9 Å². The summed E-state index contributed by atoms with van der Waals surface area (Å²) in [4.78, 5) is 19.8. The first-order chi connectivity index (χ1) is 15.5. The van der Waals surface area contributed by atoms with Gasteiger partial charge in [-0.05, 0) is 35.4 Å². The molecule has 5 aromatic rings. The molecule has 0 fully saturated rings. The number of pyridine rings is 2. The number of fused-ring (bicyclic) bond motifs is 3. The molecule has 32 heavy (non-hydrogen) atoms. The van der Waals surface area contributed by atoms with Crippen molar-refractivity contribution in [3.63, 3.8) is 0 Å². The molecular weight excluding hydrogens is 429 g/mol. The molecule has 8 heteroatoms. The third-order valence-corrected chi connectivity index (χ3v) is 5.73. The van der Waals surface area contributed by atoms with E-state index in [4.69, 9.17) is 11.6 Å². The maximum atomic E-state index is 13.8. The van der Waals surface area contributed by atoms with E-state index in [1.54, 1.807) is 46.8 Å². The predicted octanol–water partition coefficient (Wildman–Crippen LogP) is 5.01. The van der Waals surface area contributed by atoms with Gasteiger partial charge in [0.05, 0.1) is 0 Å². The Kier molecular flexibility index (Phi) is 5.03. The second-order valence-corrected chi connectivity index (χ2v) is 7.81. The number of hydrogen-bond donors (Lipinski definition) is 0. The normalized spacial score (nSPS) is 11.2. The number of carbonyl (C=O) groups excluding carboxylic acids is 1. The van der Waals surface area contributed by atoms with Crippen molar-refractivity contribution in [2.45, 2.75) is 6.54 Å². The SMILES string of the molecule is CN(Cc1ccccc1Cl)C(=O)c1c(-c2ccc(F)cc2)c2cccnc2c2nncn12. The van der Waals surface area contributed by atoms with Crippen molar-refractivity contribution in [3.8, 4) is 11.1 Å². The van der Waals surface area contributed by atoms with E-state index in [1.165, 1.54) is 18.5 Å². The van der Waals surface area contributed by atoms with Gasteiger partial charge in [0.2, 0.25) is 0 Å². The lowest BCUT2D eigenvalue weighted by atomic mass is 9.98. The van der Waals surface area contributed by atoms with Crippen molar-refractivity contribution in [3.05, 3.63) is 95.3 Å². The third-order valence-electron chi connectivity index (χ3n) is 5.36. The zero-order chi connectivity index (χ0) is 22.2. The second-order valence-electron chi connectivity index (χ2n) is 7.41. The summed E-state index contributed by atoms with van der Waals surface area (Å²) in [5, 5.41) is 9.53. The molecule has 158 valence electrons. The quantitative estimate of drug-likeness (QED) is 0.390. The van der Waals surface area contributed by atoms with Gasteiger partial charge >= 0.3 is 0 Å². The van der Waals surface area contributed by atoms with E-state index in [0.29, 0.717) is 39.6 Å². The smallest absolute Gasteiger partial charge is 0.271 e. The van der Waals surface area contributed by atoms with Gasteiger partial charge in [0.15, 0.2) is 5.65 Å². The number of carbonyl (C=O) groups is 1. The molecule has 0 atom stereocenters. The summed E-state index contributed by atoms with van der Waals surface area (Å²) in [5.74, 6) is -0.606. The van der Waals surface area contributed by atoms with E-state index in [2.05, 4.69) is 15.2 Å². The first kappa shape index (κ1) is 20.1. The van der Waals surface area contributed by atoms with Crippen molar-refractivity contribution in [2.75, 3.05) is 7.05 Å². The Bertz CT molecular complexity index is 1470. The van der Waals surface area contributed by atoms with Crippen LogP contribution in [-0.2, 0) is 6.54 Å². The number of aromatic nitrogens is 4. The van der Waals surface area contributed by atoms with Gasteiger partial charge in [0.25, 0.3) is 5.91 Å². The third kappa shape index (κ3) is 3.36. The largest absolute Gasteiger partial charge is 0.336 e. The highest BCUT2D eigenvalue weighted by atomic mass is 35.5. The maximum absolute atomic E-state index is 13.8. The fraction of sp³-hybridized carbons (Fsp3) is 0.0833. The predicted molar refractivity (Wildman–Crippen MR) is 121 cm³/mol. The van der Waals surface area contributed by atoms with Gasteiger partial charge in [-0.15, -0.1) is 10.2 Å². The van der Waals surface area contributed by atoms with Gasteiger partial charge in [-0.3, -0.25) is 14.2 Å². The van der Waals surface area contributed by atoms with Crippen LogP contribution in [0.1, 0.15) is 16.1 Å². The van der Waals surface area contributed by atoms with Crippen molar-refractivity contribution in [2.24, 2.45) is 0 Å². The average Bonchev–Trinajstić information content (AvgIpc) is 3.30. The van der Waals surface area contributed by atoms with E-state index in [-0.39, 0.29) is 11.7 Å². The number of benzene rings is 2. The first-order valence-corrected chi connectivity index (χ1v) is 10.3. The van der Waals surface area contributed by atoms with Gasteiger partial charge in [0, 0.05) is 35.8 Å². The fourth-order valence-corrected chi connectivity index (χ4v) is 4.04. The Morgan fingerprint density at radius 3 is 2.66 bits per heavy atom. The molecule has 5 rings (SSSR count). The molecule has 0 aliphatic carbocycles. The average molecular weight is 446 g/mol. The van der Waals surface area contributed by atoms with Gasteiger partial charge in [0.1, 0.15) is 23.4 Å². The van der Waals surface area contributed by atoms with Crippen LogP contribution in [-0.4, -0.2) is 37.4 Å². The Morgan fingerprint density at radius 1 is 1.09 bits per heavy atom. The Labute approximate surface area is 187 Å². The van der Waals surface area contributed by atoms with Crippen molar-refractivity contribution < 1.29 is 9.18 Å². The molecular formula is C24H17ClFN5O. The highest BCUT2D eigenvalue weighted by Gasteiger charge is 2.25. The molecule has 6 nitrogen and oxygen atoms in total. The fourth-order valence-electron chi connectivity index (χ4n) is 3.85. The molecule has 0 bridgehead atoms. The van der Waals surface area contributed by atoms with Crippen LogP contribution < -0.4 is 0 Å². The minimum Gasteiger partial charge on any atom is -0.336 e. The molecule has 0 saturated heterocycles. The van der Waals surface area contributed by atoms with Crippen LogP contribution in [0.15, 0.2) is 73.2 Å². The van der Waals surface area contributed by atoms with Crippen molar-refractivity contribution in [1.82, 2.24) is 24.5 Å². The monoisotopic (exact) mass is 445 g/mol. The minimum absolute atomic E-state index is 0.250. The molecule has 0 unspecified atom stereocenters. The Hall–Kier alpha value is -3.84. The van der Waals surface area contributed by atoms with Crippen LogP contribution in [0.25, 0.3) is 27.7 Å². The number of hydrogen-bond acceptors (Lipinski definition) is 4. The first-order valence-electron chi connectivity index (χ1n) is 9.90. The highest BCUT2D eigenvalue weighted by molar-refractivity contribution is 6.31. The summed E-state index contributed by atoms with van der Waals surface area (Å²) in [5.41, 5.74) is 3.60. The summed E-state index contributed by atoms with van der Waals surface area (Å²) >= 11 is 6.31. The van der Waals surface area contributed by atoms with Crippen LogP contribution in [0.3, 0.4) is 0 Å². The summed E-state index contributed by atoms with van der Waals surface area (Å²) in [7, 11) is 1.71. The van der Waals surface area contributed by atoms with E-state index < -0.39 is 0 Å². The topological polar surface area (TPSA) is 63.4 Å². The molecule has 1 amide bonds. The summed E-state index contributed by atoms with van der Waals surface area (Å²) < 4.78 is 15.3. The van der Waals surface area contributed by atoms with Gasteiger partial charge in [-0.25, -0.2) is 4.39 Å². The number of halogens is 2. The number of nitrogens with zero attached hydrogens (tertiary/aromatic N) is 5. The lowest BCUT2D eigenvalue weighted by Gasteiger charge is -2.22. The molecule has 0 saturated carbocycles. The van der Waals surface area contributed by atoms with Crippen LogP contribution in [0.2, 0.25) is 5.02 Å². The molecule has 2 aromatic carbocycles. The molecule has 0 aliphatic rings. The Morgan fingerprint density at radius 2 is 1.88 bits per heavy atom. The van der Waals surface area contributed by atoms with E-state index in [1.807, 2.05) is 24.3 Å². The minimum atomic E-state index is -0.356. The molecule has 0 radical (unpaired) electrons. The van der Waals surface area contributed by atoms with Crippen LogP contribution in [0.5, 0.6) is 0 Å².